The zero-order chi connectivity index (χ0) is 21.5. The SMILES string of the molecule is CS(=O)(=O)N1CCN(c2ccc(N3CCN(C(=O)O)c4ccc(Cl)cc43)cc2)CC1. The van der Waals surface area contributed by atoms with Crippen LogP contribution in [0, 0.1) is 0 Å². The van der Waals surface area contributed by atoms with Crippen LogP contribution in [0.25, 0.3) is 0 Å². The van der Waals surface area contributed by atoms with Crippen molar-refractivity contribution in [2.75, 3.05) is 60.2 Å². The second-order valence-electron chi connectivity index (χ2n) is 7.38. The molecule has 30 heavy (non-hydrogen) atoms. The monoisotopic (exact) mass is 450 g/mol. The minimum Gasteiger partial charge on any atom is -0.465 e. The second kappa shape index (κ2) is 7.98. The average molecular weight is 451 g/mol. The largest absolute Gasteiger partial charge is 0.465 e. The van der Waals surface area contributed by atoms with E-state index in [-0.39, 0.29) is 0 Å². The average Bonchev–Trinajstić information content (AvgIpc) is 2.72. The molecule has 0 aromatic heterocycles. The zero-order valence-corrected chi connectivity index (χ0v) is 18.1. The molecule has 0 unspecified atom stereocenters. The van der Waals surface area contributed by atoms with Gasteiger partial charge in [0.15, 0.2) is 0 Å². The van der Waals surface area contributed by atoms with E-state index in [2.05, 4.69) is 9.80 Å². The van der Waals surface area contributed by atoms with Gasteiger partial charge in [0.25, 0.3) is 0 Å². The van der Waals surface area contributed by atoms with Crippen LogP contribution in [0.4, 0.5) is 27.5 Å². The van der Waals surface area contributed by atoms with Crippen molar-refractivity contribution in [3.8, 4) is 0 Å². The highest BCUT2D eigenvalue weighted by Crippen LogP contribution is 2.39. The first-order valence-corrected chi connectivity index (χ1v) is 11.8. The van der Waals surface area contributed by atoms with Crippen LogP contribution in [-0.4, -0.2) is 69.4 Å². The summed E-state index contributed by atoms with van der Waals surface area (Å²) in [6, 6.07) is 13.2. The minimum absolute atomic E-state index is 0.360. The Morgan fingerprint density at radius 3 is 2.13 bits per heavy atom. The molecule has 0 bridgehead atoms. The lowest BCUT2D eigenvalue weighted by atomic mass is 10.1. The van der Waals surface area contributed by atoms with Crippen molar-refractivity contribution in [3.63, 3.8) is 0 Å². The first kappa shape index (κ1) is 20.8. The number of carboxylic acid groups (broad SMARTS) is 1. The number of anilines is 4. The minimum atomic E-state index is -3.15. The molecule has 1 amide bonds. The van der Waals surface area contributed by atoms with E-state index in [1.807, 2.05) is 24.3 Å². The molecule has 0 aliphatic carbocycles. The van der Waals surface area contributed by atoms with Crippen molar-refractivity contribution in [2.24, 2.45) is 0 Å². The Balaban J connectivity index is 1.54. The number of sulfonamides is 1. The van der Waals surface area contributed by atoms with Crippen LogP contribution >= 0.6 is 11.6 Å². The lowest BCUT2D eigenvalue weighted by molar-refractivity contribution is 0.201. The van der Waals surface area contributed by atoms with E-state index in [4.69, 9.17) is 11.6 Å². The van der Waals surface area contributed by atoms with Gasteiger partial charge in [-0.3, -0.25) is 4.90 Å². The summed E-state index contributed by atoms with van der Waals surface area (Å²) in [5.41, 5.74) is 3.34. The maximum atomic E-state index is 11.7. The highest BCUT2D eigenvalue weighted by molar-refractivity contribution is 7.88. The quantitative estimate of drug-likeness (QED) is 0.773. The molecule has 1 fully saturated rings. The van der Waals surface area contributed by atoms with Crippen molar-refractivity contribution in [3.05, 3.63) is 47.5 Å². The number of halogens is 1. The van der Waals surface area contributed by atoms with E-state index >= 15 is 0 Å². The fourth-order valence-electron chi connectivity index (χ4n) is 3.97. The number of hydrogen-bond acceptors (Lipinski definition) is 5. The van der Waals surface area contributed by atoms with Crippen molar-refractivity contribution in [1.29, 1.82) is 0 Å². The molecule has 1 saturated heterocycles. The molecule has 0 saturated carbocycles. The van der Waals surface area contributed by atoms with Gasteiger partial charge in [0, 0.05) is 55.7 Å². The van der Waals surface area contributed by atoms with Crippen LogP contribution < -0.4 is 14.7 Å². The van der Waals surface area contributed by atoms with E-state index in [0.29, 0.717) is 50.0 Å². The Kier molecular flexibility index (Phi) is 5.52. The zero-order valence-electron chi connectivity index (χ0n) is 16.5. The summed E-state index contributed by atoms with van der Waals surface area (Å²) in [5.74, 6) is 0. The number of piperazine rings is 1. The van der Waals surface area contributed by atoms with Gasteiger partial charge in [0.05, 0.1) is 17.6 Å². The maximum Gasteiger partial charge on any atom is 0.411 e. The lowest BCUT2D eigenvalue weighted by Crippen LogP contribution is -2.48. The smallest absolute Gasteiger partial charge is 0.411 e. The molecule has 2 aliphatic heterocycles. The van der Waals surface area contributed by atoms with Gasteiger partial charge in [-0.2, -0.15) is 4.31 Å². The third kappa shape index (κ3) is 4.05. The van der Waals surface area contributed by atoms with E-state index in [1.54, 1.807) is 18.2 Å². The number of hydrogen-bond donors (Lipinski definition) is 1. The summed E-state index contributed by atoms with van der Waals surface area (Å²) < 4.78 is 24.9. The van der Waals surface area contributed by atoms with E-state index < -0.39 is 16.1 Å². The second-order valence-corrected chi connectivity index (χ2v) is 9.80. The Hall–Kier alpha value is -2.49. The van der Waals surface area contributed by atoms with Crippen molar-refractivity contribution in [1.82, 2.24) is 4.31 Å². The van der Waals surface area contributed by atoms with Crippen LogP contribution in [0.1, 0.15) is 0 Å². The summed E-state index contributed by atoms with van der Waals surface area (Å²) in [5, 5.41) is 10.0. The van der Waals surface area contributed by atoms with Gasteiger partial charge in [-0.25, -0.2) is 13.2 Å². The Morgan fingerprint density at radius 1 is 0.900 bits per heavy atom. The molecule has 2 aromatic carbocycles. The highest BCUT2D eigenvalue weighted by Gasteiger charge is 2.28. The van der Waals surface area contributed by atoms with E-state index in [0.717, 1.165) is 17.1 Å². The summed E-state index contributed by atoms with van der Waals surface area (Å²) in [6.07, 6.45) is 0.257. The number of carbonyl (C=O) groups is 1. The molecule has 2 aliphatic rings. The van der Waals surface area contributed by atoms with Crippen LogP contribution in [0.15, 0.2) is 42.5 Å². The summed E-state index contributed by atoms with van der Waals surface area (Å²) in [6.45, 7) is 3.11. The molecule has 8 nitrogen and oxygen atoms in total. The molecule has 2 heterocycles. The van der Waals surface area contributed by atoms with Gasteiger partial charge in [0.2, 0.25) is 10.0 Å². The fourth-order valence-corrected chi connectivity index (χ4v) is 4.96. The van der Waals surface area contributed by atoms with Crippen LogP contribution in [0.2, 0.25) is 5.02 Å². The summed E-state index contributed by atoms with van der Waals surface area (Å²) >= 11 is 6.18. The molecule has 2 aromatic rings. The molecule has 0 atom stereocenters. The van der Waals surface area contributed by atoms with Gasteiger partial charge in [-0.05, 0) is 42.5 Å². The number of nitrogens with zero attached hydrogens (tertiary/aromatic N) is 4. The van der Waals surface area contributed by atoms with E-state index in [1.165, 1.54) is 15.5 Å². The predicted octanol–water partition coefficient (Wildman–Crippen LogP) is 3.06. The number of benzene rings is 2. The van der Waals surface area contributed by atoms with Crippen molar-refractivity contribution >= 4 is 50.5 Å². The number of rotatable bonds is 3. The summed E-state index contributed by atoms with van der Waals surface area (Å²) in [4.78, 5) is 17.1. The van der Waals surface area contributed by atoms with Crippen LogP contribution in [0.3, 0.4) is 0 Å². The normalized spacial score (nSPS) is 17.7. The Bertz CT molecular complexity index is 1050. The highest BCUT2D eigenvalue weighted by atomic mass is 35.5. The molecule has 0 radical (unpaired) electrons. The van der Waals surface area contributed by atoms with Gasteiger partial charge in [0.1, 0.15) is 0 Å². The number of fused-ring (bicyclic) bond motifs is 1. The third-order valence-electron chi connectivity index (χ3n) is 5.53. The number of amides is 1. The van der Waals surface area contributed by atoms with Crippen LogP contribution in [0.5, 0.6) is 0 Å². The van der Waals surface area contributed by atoms with Crippen LogP contribution in [-0.2, 0) is 10.0 Å². The van der Waals surface area contributed by atoms with Gasteiger partial charge < -0.3 is 14.9 Å². The standard InChI is InChI=1S/C20H23ClN4O4S/c1-30(28,29)23-10-8-22(9-11-23)16-3-5-17(6-4-16)24-12-13-25(20(26)27)18-7-2-15(21)14-19(18)24/h2-7,14H,8-13H2,1H3,(H,26,27). The molecule has 160 valence electrons. The molecule has 1 N–H and O–H groups in total. The van der Waals surface area contributed by atoms with Gasteiger partial charge in [-0.1, -0.05) is 11.6 Å². The first-order chi connectivity index (χ1) is 14.2. The van der Waals surface area contributed by atoms with Gasteiger partial charge >= 0.3 is 6.09 Å². The van der Waals surface area contributed by atoms with Gasteiger partial charge in [-0.15, -0.1) is 0 Å². The van der Waals surface area contributed by atoms with Crippen molar-refractivity contribution < 1.29 is 18.3 Å². The predicted molar refractivity (Wildman–Crippen MR) is 119 cm³/mol. The molecular formula is C20H23ClN4O4S. The first-order valence-electron chi connectivity index (χ1n) is 9.62. The molecule has 10 heteroatoms. The topological polar surface area (TPSA) is 84.4 Å². The van der Waals surface area contributed by atoms with E-state index in [9.17, 15) is 18.3 Å². The molecule has 4 rings (SSSR count). The third-order valence-corrected chi connectivity index (χ3v) is 7.07. The molecular weight excluding hydrogens is 428 g/mol. The maximum absolute atomic E-state index is 11.7. The lowest BCUT2D eigenvalue weighted by Gasteiger charge is -2.37. The Morgan fingerprint density at radius 2 is 1.53 bits per heavy atom. The van der Waals surface area contributed by atoms with Crippen molar-refractivity contribution in [2.45, 2.75) is 0 Å². The fraction of sp³-hybridized carbons (Fsp3) is 0.350. The molecule has 0 spiro atoms. The summed E-state index contributed by atoms with van der Waals surface area (Å²) in [7, 11) is -3.15. The Labute approximate surface area is 180 Å².